The average molecular weight is 339 g/mol. The van der Waals surface area contributed by atoms with Gasteiger partial charge in [0.05, 0.1) is 16.9 Å². The Morgan fingerprint density at radius 2 is 1.65 bits per heavy atom. The van der Waals surface area contributed by atoms with Crippen molar-refractivity contribution in [2.45, 2.75) is 20.8 Å². The molecule has 0 atom stereocenters. The summed E-state index contributed by atoms with van der Waals surface area (Å²) in [5.74, 6) is 0. The summed E-state index contributed by atoms with van der Waals surface area (Å²) >= 11 is 0. The van der Waals surface area contributed by atoms with Crippen LogP contribution in [0.15, 0.2) is 61.7 Å². The van der Waals surface area contributed by atoms with Crippen LogP contribution >= 0.6 is 0 Å². The Bertz CT molecular complexity index is 1040. The fraction of sp³-hybridized carbons (Fsp3) is 0.120. The first-order chi connectivity index (χ1) is 12.7. The van der Waals surface area contributed by atoms with Crippen molar-refractivity contribution in [3.8, 4) is 5.69 Å². The average Bonchev–Trinajstić information content (AvgIpc) is 2.94. The summed E-state index contributed by atoms with van der Waals surface area (Å²) in [5, 5.41) is 1.23. The van der Waals surface area contributed by atoms with E-state index in [1.807, 2.05) is 26.0 Å². The van der Waals surface area contributed by atoms with Gasteiger partial charge in [0.1, 0.15) is 0 Å². The van der Waals surface area contributed by atoms with Gasteiger partial charge in [0.25, 0.3) is 0 Å². The standard InChI is InChI=1S/C25H25N/c1-6-11-21-19(8-3)13-10-14-24(21)26-23(12-7-2)20(9-4)22-17-18(5)15-16-25(22)26/h6-17H,3-4H2,1-2,5H3/b11-6-,12-7-. The normalized spacial score (nSPS) is 11.7. The number of rotatable bonds is 5. The predicted molar refractivity (Wildman–Crippen MR) is 118 cm³/mol. The van der Waals surface area contributed by atoms with Gasteiger partial charge in [-0.3, -0.25) is 0 Å². The molecule has 2 aromatic carbocycles. The van der Waals surface area contributed by atoms with Gasteiger partial charge < -0.3 is 4.57 Å². The van der Waals surface area contributed by atoms with E-state index >= 15 is 0 Å². The molecule has 0 amide bonds. The van der Waals surface area contributed by atoms with Crippen molar-refractivity contribution in [1.29, 1.82) is 0 Å². The number of allylic oxidation sites excluding steroid dienone is 2. The summed E-state index contributed by atoms with van der Waals surface area (Å²) < 4.78 is 2.33. The van der Waals surface area contributed by atoms with Crippen molar-refractivity contribution >= 4 is 35.2 Å². The Morgan fingerprint density at radius 1 is 0.885 bits per heavy atom. The monoisotopic (exact) mass is 339 g/mol. The van der Waals surface area contributed by atoms with E-state index in [1.165, 1.54) is 22.0 Å². The van der Waals surface area contributed by atoms with Crippen molar-refractivity contribution < 1.29 is 0 Å². The van der Waals surface area contributed by atoms with Crippen LogP contribution in [-0.2, 0) is 0 Å². The zero-order valence-corrected chi connectivity index (χ0v) is 15.8. The van der Waals surface area contributed by atoms with Crippen molar-refractivity contribution in [3.05, 3.63) is 89.7 Å². The van der Waals surface area contributed by atoms with Gasteiger partial charge in [-0.25, -0.2) is 0 Å². The van der Waals surface area contributed by atoms with Gasteiger partial charge in [0.2, 0.25) is 0 Å². The number of hydrogen-bond donors (Lipinski definition) is 0. The van der Waals surface area contributed by atoms with Gasteiger partial charge in [-0.1, -0.05) is 67.3 Å². The van der Waals surface area contributed by atoms with Crippen LogP contribution in [0.25, 0.3) is 40.9 Å². The number of aryl methyl sites for hydroxylation is 1. The van der Waals surface area contributed by atoms with E-state index in [1.54, 1.807) is 0 Å². The summed E-state index contributed by atoms with van der Waals surface area (Å²) in [6.07, 6.45) is 12.3. The molecule has 1 aromatic heterocycles. The third-order valence-corrected chi connectivity index (χ3v) is 4.64. The Labute approximate surface area is 156 Å². The fourth-order valence-corrected chi connectivity index (χ4v) is 3.54. The first kappa shape index (κ1) is 17.8. The molecule has 3 aromatic rings. The van der Waals surface area contributed by atoms with Crippen LogP contribution in [-0.4, -0.2) is 4.57 Å². The fourth-order valence-electron chi connectivity index (χ4n) is 3.54. The van der Waals surface area contributed by atoms with Gasteiger partial charge in [-0.15, -0.1) is 0 Å². The van der Waals surface area contributed by atoms with Crippen molar-refractivity contribution in [2.75, 3.05) is 0 Å². The van der Waals surface area contributed by atoms with Crippen LogP contribution in [0.2, 0.25) is 0 Å². The maximum Gasteiger partial charge on any atom is 0.0541 e. The van der Waals surface area contributed by atoms with E-state index in [9.17, 15) is 0 Å². The highest BCUT2D eigenvalue weighted by atomic mass is 15.0. The van der Waals surface area contributed by atoms with Gasteiger partial charge in [0, 0.05) is 16.5 Å². The predicted octanol–water partition coefficient (Wildman–Crippen LogP) is 7.29. The molecule has 130 valence electrons. The molecule has 0 unspecified atom stereocenters. The molecule has 0 radical (unpaired) electrons. The smallest absolute Gasteiger partial charge is 0.0541 e. The number of nitrogens with zero attached hydrogens (tertiary/aromatic N) is 1. The Morgan fingerprint density at radius 3 is 2.31 bits per heavy atom. The third-order valence-electron chi connectivity index (χ3n) is 4.64. The van der Waals surface area contributed by atoms with E-state index < -0.39 is 0 Å². The zero-order valence-electron chi connectivity index (χ0n) is 15.8. The molecule has 1 heteroatoms. The minimum absolute atomic E-state index is 1.13. The van der Waals surface area contributed by atoms with Crippen LogP contribution in [0.1, 0.15) is 41.8 Å². The molecule has 0 bridgehead atoms. The minimum atomic E-state index is 1.13. The molecule has 1 heterocycles. The van der Waals surface area contributed by atoms with Gasteiger partial charge >= 0.3 is 0 Å². The molecule has 0 fully saturated rings. The molecule has 1 nitrogen and oxygen atoms in total. The topological polar surface area (TPSA) is 4.93 Å². The van der Waals surface area contributed by atoms with Crippen LogP contribution < -0.4 is 0 Å². The second kappa shape index (κ2) is 7.45. The first-order valence-corrected chi connectivity index (χ1v) is 8.95. The first-order valence-electron chi connectivity index (χ1n) is 8.95. The lowest BCUT2D eigenvalue weighted by Gasteiger charge is -2.15. The summed E-state index contributed by atoms with van der Waals surface area (Å²) in [4.78, 5) is 0. The summed E-state index contributed by atoms with van der Waals surface area (Å²) in [5.41, 5.74) is 8.19. The molecule has 0 saturated heterocycles. The minimum Gasteiger partial charge on any atom is -0.309 e. The molecule has 0 N–H and O–H groups in total. The lowest BCUT2D eigenvalue weighted by Crippen LogP contribution is -2.01. The van der Waals surface area contributed by atoms with Crippen LogP contribution in [0.4, 0.5) is 0 Å². The zero-order chi connectivity index (χ0) is 18.7. The Kier molecular flexibility index (Phi) is 5.09. The Balaban J connectivity index is 2.52. The summed E-state index contributed by atoms with van der Waals surface area (Å²) in [6.45, 7) is 14.3. The lowest BCUT2D eigenvalue weighted by atomic mass is 10.0. The maximum atomic E-state index is 4.08. The largest absolute Gasteiger partial charge is 0.309 e. The highest BCUT2D eigenvalue weighted by Gasteiger charge is 2.17. The summed E-state index contributed by atoms with van der Waals surface area (Å²) in [6, 6.07) is 13.0. The molecule has 0 aliphatic carbocycles. The van der Waals surface area contributed by atoms with Crippen molar-refractivity contribution in [1.82, 2.24) is 4.57 Å². The van der Waals surface area contributed by atoms with E-state index in [-0.39, 0.29) is 0 Å². The molecular formula is C25H25N. The lowest BCUT2D eigenvalue weighted by molar-refractivity contribution is 1.10. The van der Waals surface area contributed by atoms with Gasteiger partial charge in [-0.2, -0.15) is 0 Å². The molecule has 26 heavy (non-hydrogen) atoms. The van der Waals surface area contributed by atoms with E-state index in [0.29, 0.717) is 0 Å². The number of fused-ring (bicyclic) bond motifs is 1. The maximum absolute atomic E-state index is 4.08. The summed E-state index contributed by atoms with van der Waals surface area (Å²) in [7, 11) is 0. The molecule has 0 aliphatic rings. The van der Waals surface area contributed by atoms with Crippen molar-refractivity contribution in [2.24, 2.45) is 0 Å². The molecule has 0 aliphatic heterocycles. The van der Waals surface area contributed by atoms with E-state index in [4.69, 9.17) is 0 Å². The molecular weight excluding hydrogens is 314 g/mol. The number of aromatic nitrogens is 1. The van der Waals surface area contributed by atoms with Gasteiger partial charge in [0.15, 0.2) is 0 Å². The second-order valence-electron chi connectivity index (χ2n) is 6.34. The van der Waals surface area contributed by atoms with E-state index in [2.05, 4.69) is 85.4 Å². The van der Waals surface area contributed by atoms with Crippen LogP contribution in [0, 0.1) is 6.92 Å². The van der Waals surface area contributed by atoms with Gasteiger partial charge in [-0.05, 0) is 50.6 Å². The number of benzene rings is 2. The van der Waals surface area contributed by atoms with Crippen LogP contribution in [0.3, 0.4) is 0 Å². The molecule has 3 rings (SSSR count). The molecule has 0 saturated carbocycles. The highest BCUT2D eigenvalue weighted by molar-refractivity contribution is 5.96. The number of hydrogen-bond acceptors (Lipinski definition) is 0. The SMILES string of the molecule is C=Cc1cccc(-n2c(/C=C\C)c(C=C)c3cc(C)ccc32)c1/C=C\C. The third kappa shape index (κ3) is 2.86. The Hall–Kier alpha value is -3.06. The van der Waals surface area contributed by atoms with Crippen LogP contribution in [0.5, 0.6) is 0 Å². The molecule has 0 spiro atoms. The quantitative estimate of drug-likeness (QED) is 0.460. The van der Waals surface area contributed by atoms with Crippen molar-refractivity contribution in [3.63, 3.8) is 0 Å². The second-order valence-corrected chi connectivity index (χ2v) is 6.34. The van der Waals surface area contributed by atoms with E-state index in [0.717, 1.165) is 22.5 Å². The highest BCUT2D eigenvalue weighted by Crippen LogP contribution is 2.34.